The quantitative estimate of drug-likeness (QED) is 0.464. The van der Waals surface area contributed by atoms with E-state index in [2.05, 4.69) is 55.0 Å². The second-order valence-electron chi connectivity index (χ2n) is 12.3. The minimum Gasteiger partial charge on any atom is -0.377 e. The molecule has 1 aromatic heterocycles. The summed E-state index contributed by atoms with van der Waals surface area (Å²) in [6.45, 7) is 7.29. The van der Waals surface area contributed by atoms with Gasteiger partial charge in [0, 0.05) is 68.4 Å². The Morgan fingerprint density at radius 3 is 2.47 bits per heavy atom. The third kappa shape index (κ3) is 3.36. The van der Waals surface area contributed by atoms with E-state index in [-0.39, 0.29) is 11.4 Å². The highest BCUT2D eigenvalue weighted by molar-refractivity contribution is 6.02. The number of piperazine rings is 1. The average molecular weight is 517 g/mol. The fourth-order valence-electron chi connectivity index (χ4n) is 7.66. The highest BCUT2D eigenvalue weighted by atomic mass is 16.3. The van der Waals surface area contributed by atoms with Crippen LogP contribution in [0, 0.1) is 11.3 Å². The minimum atomic E-state index is -0.826. The maximum atomic E-state index is 14.0. The number of nitrogens with zero attached hydrogens (tertiary/aromatic N) is 5. The van der Waals surface area contributed by atoms with Gasteiger partial charge < -0.3 is 20.6 Å². The van der Waals surface area contributed by atoms with E-state index in [9.17, 15) is 9.90 Å². The van der Waals surface area contributed by atoms with Crippen LogP contribution in [0.3, 0.4) is 0 Å². The molecule has 3 saturated heterocycles. The Morgan fingerprint density at radius 2 is 1.82 bits per heavy atom. The number of rotatable bonds is 5. The van der Waals surface area contributed by atoms with Gasteiger partial charge in [0.05, 0.1) is 11.0 Å². The van der Waals surface area contributed by atoms with E-state index in [1.807, 2.05) is 11.1 Å². The van der Waals surface area contributed by atoms with Crippen molar-refractivity contribution in [3.63, 3.8) is 0 Å². The van der Waals surface area contributed by atoms with Gasteiger partial charge in [-0.05, 0) is 68.8 Å². The van der Waals surface area contributed by atoms with Crippen LogP contribution in [-0.2, 0) is 11.2 Å². The smallest absolute Gasteiger partial charge is 0.239 e. The summed E-state index contributed by atoms with van der Waals surface area (Å²) in [5.41, 5.74) is 2.19. The molecule has 10 heteroatoms. The zero-order valence-electron chi connectivity index (χ0n) is 21.7. The lowest BCUT2D eigenvalue weighted by Gasteiger charge is -2.67. The Morgan fingerprint density at radius 1 is 1.05 bits per heavy atom. The van der Waals surface area contributed by atoms with Crippen molar-refractivity contribution in [2.45, 2.75) is 49.9 Å². The summed E-state index contributed by atoms with van der Waals surface area (Å²) in [5, 5.41) is 20.7. The molecule has 6 fully saturated rings. The van der Waals surface area contributed by atoms with Crippen LogP contribution in [0.4, 0.5) is 23.1 Å². The highest BCUT2D eigenvalue weighted by Gasteiger charge is 2.66. The highest BCUT2D eigenvalue weighted by Crippen LogP contribution is 2.63. The molecule has 1 unspecified atom stereocenters. The van der Waals surface area contributed by atoms with Crippen molar-refractivity contribution in [2.24, 2.45) is 11.3 Å². The number of hydrogen-bond donors (Lipinski definition) is 4. The van der Waals surface area contributed by atoms with E-state index >= 15 is 0 Å². The maximum Gasteiger partial charge on any atom is 0.239 e. The summed E-state index contributed by atoms with van der Waals surface area (Å²) < 4.78 is 0. The summed E-state index contributed by atoms with van der Waals surface area (Å²) >= 11 is 0. The second-order valence-corrected chi connectivity index (χ2v) is 12.3. The van der Waals surface area contributed by atoms with Crippen molar-refractivity contribution in [1.29, 1.82) is 0 Å². The van der Waals surface area contributed by atoms with E-state index in [0.29, 0.717) is 31.4 Å². The molecular weight excluding hydrogens is 480 g/mol. The first-order valence-electron chi connectivity index (χ1n) is 14.2. The van der Waals surface area contributed by atoms with Crippen LogP contribution >= 0.6 is 0 Å². The molecule has 4 aliphatic heterocycles. The van der Waals surface area contributed by atoms with Gasteiger partial charge >= 0.3 is 0 Å². The summed E-state index contributed by atoms with van der Waals surface area (Å²) in [7, 11) is 0. The molecule has 3 saturated carbocycles. The molecule has 1 spiro atoms. The van der Waals surface area contributed by atoms with E-state index < -0.39 is 11.6 Å². The standard InChI is InChI=1S/C28H36N8O2/c37-24-28(5-6-30-24)14-19-15-31-26(33-23(19)36(25(28)38)27-11-18(12-27)13-27)32-20-1-3-21(4-2-20)35-16-22(17-35)34-9-7-29-8-10-34/h1-4,15,18,22,24,29-30,37H,5-14,16-17H2,(H,31,32,33)/t18?,24?,27?,28-/m1/s1. The number of carbonyl (C=O) groups excluding carboxylic acids is 1. The first kappa shape index (κ1) is 23.1. The summed E-state index contributed by atoms with van der Waals surface area (Å²) in [6.07, 6.45) is 5.27. The van der Waals surface area contributed by atoms with Gasteiger partial charge in [-0.15, -0.1) is 0 Å². The number of nitrogens with one attached hydrogen (secondary N) is 3. The monoisotopic (exact) mass is 516 g/mol. The Bertz CT molecular complexity index is 1240. The lowest BCUT2D eigenvalue weighted by Crippen LogP contribution is -2.73. The van der Waals surface area contributed by atoms with Gasteiger partial charge in [0.2, 0.25) is 11.9 Å². The third-order valence-electron chi connectivity index (χ3n) is 10.1. The topological polar surface area (TPSA) is 109 Å². The van der Waals surface area contributed by atoms with Crippen molar-refractivity contribution in [3.8, 4) is 0 Å². The predicted molar refractivity (Wildman–Crippen MR) is 145 cm³/mol. The molecule has 5 heterocycles. The Labute approximate surface area is 222 Å². The van der Waals surface area contributed by atoms with Crippen LogP contribution in [-0.4, -0.2) is 89.5 Å². The number of aliphatic hydroxyl groups excluding tert-OH is 1. The van der Waals surface area contributed by atoms with Crippen LogP contribution in [0.5, 0.6) is 0 Å². The van der Waals surface area contributed by atoms with Crippen LogP contribution in [0.15, 0.2) is 30.5 Å². The van der Waals surface area contributed by atoms with E-state index in [1.165, 1.54) is 5.69 Å². The van der Waals surface area contributed by atoms with Gasteiger partial charge in [0.25, 0.3) is 0 Å². The Kier molecular flexibility index (Phi) is 5.08. The van der Waals surface area contributed by atoms with Gasteiger partial charge in [-0.3, -0.25) is 19.9 Å². The molecule has 2 bridgehead atoms. The molecule has 1 aromatic carbocycles. The largest absolute Gasteiger partial charge is 0.377 e. The predicted octanol–water partition coefficient (Wildman–Crippen LogP) is 1.05. The van der Waals surface area contributed by atoms with Crippen LogP contribution in [0.1, 0.15) is 31.2 Å². The van der Waals surface area contributed by atoms with E-state index in [4.69, 9.17) is 4.98 Å². The van der Waals surface area contributed by atoms with Crippen LogP contribution in [0.25, 0.3) is 0 Å². The first-order chi connectivity index (χ1) is 18.5. The number of anilines is 4. The van der Waals surface area contributed by atoms with E-state index in [1.54, 1.807) is 0 Å². The molecule has 10 nitrogen and oxygen atoms in total. The van der Waals surface area contributed by atoms with Gasteiger partial charge in [-0.1, -0.05) is 0 Å². The number of amides is 1. The molecule has 1 amide bonds. The summed E-state index contributed by atoms with van der Waals surface area (Å²) in [6, 6.07) is 9.13. The molecule has 7 aliphatic rings. The number of fused-ring (bicyclic) bond motifs is 1. The normalized spacial score (nSPS) is 34.5. The number of aliphatic hydroxyl groups is 1. The molecule has 2 atom stereocenters. The lowest BCUT2D eigenvalue weighted by atomic mass is 9.48. The zero-order valence-corrected chi connectivity index (χ0v) is 21.7. The van der Waals surface area contributed by atoms with Gasteiger partial charge in [0.15, 0.2) is 0 Å². The molecule has 38 heavy (non-hydrogen) atoms. The van der Waals surface area contributed by atoms with Gasteiger partial charge in [-0.25, -0.2) is 4.98 Å². The number of aromatic nitrogens is 2. The van der Waals surface area contributed by atoms with Crippen molar-refractivity contribution < 1.29 is 9.90 Å². The van der Waals surface area contributed by atoms with Crippen molar-refractivity contribution >= 4 is 29.0 Å². The minimum absolute atomic E-state index is 0.0309. The van der Waals surface area contributed by atoms with Gasteiger partial charge in [0.1, 0.15) is 12.0 Å². The van der Waals surface area contributed by atoms with Crippen molar-refractivity contribution in [2.75, 3.05) is 60.9 Å². The van der Waals surface area contributed by atoms with E-state index in [0.717, 1.165) is 81.5 Å². The fourth-order valence-corrected chi connectivity index (χ4v) is 7.66. The maximum absolute atomic E-state index is 14.0. The zero-order chi connectivity index (χ0) is 25.5. The molecule has 4 N–H and O–H groups in total. The van der Waals surface area contributed by atoms with Crippen molar-refractivity contribution in [1.82, 2.24) is 25.5 Å². The summed E-state index contributed by atoms with van der Waals surface area (Å²) in [4.78, 5) is 30.5. The molecule has 0 radical (unpaired) electrons. The first-order valence-corrected chi connectivity index (χ1v) is 14.2. The lowest BCUT2D eigenvalue weighted by molar-refractivity contribution is -0.142. The third-order valence-corrected chi connectivity index (χ3v) is 10.1. The molecule has 200 valence electrons. The molecule has 9 rings (SSSR count). The molecular formula is C28H36N8O2. The number of benzene rings is 1. The molecule has 3 aliphatic carbocycles. The van der Waals surface area contributed by atoms with Crippen LogP contribution < -0.4 is 25.8 Å². The number of hydrogen-bond acceptors (Lipinski definition) is 9. The Balaban J connectivity index is 1.00. The van der Waals surface area contributed by atoms with Crippen molar-refractivity contribution in [3.05, 3.63) is 36.0 Å². The average Bonchev–Trinajstić information content (AvgIpc) is 3.21. The fraction of sp³-hybridized carbons (Fsp3) is 0.607. The Hall–Kier alpha value is -2.79. The SMILES string of the molecule is O=C1N(C23CC(C2)C3)c2nc(Nc3ccc(N4CC(N5CCNCC5)C4)cc3)ncc2C[C@@]12CCNC2O. The summed E-state index contributed by atoms with van der Waals surface area (Å²) in [5.74, 6) is 1.99. The number of carbonyl (C=O) groups is 1. The van der Waals surface area contributed by atoms with Gasteiger partial charge in [-0.2, -0.15) is 4.98 Å². The second kappa shape index (κ2) is 8.35. The van der Waals surface area contributed by atoms with Crippen LogP contribution in [0.2, 0.25) is 0 Å². The molecule has 2 aromatic rings.